The predicted octanol–water partition coefficient (Wildman–Crippen LogP) is 1.25. The quantitative estimate of drug-likeness (QED) is 0.297. The number of amides is 2. The molecule has 0 bridgehead atoms. The molecule has 27 heavy (non-hydrogen) atoms. The average Bonchev–Trinajstić information content (AvgIpc) is 2.59. The molecule has 8 nitrogen and oxygen atoms in total. The third-order valence-corrected chi connectivity index (χ3v) is 4.12. The molecule has 0 aliphatic carbocycles. The predicted molar refractivity (Wildman–Crippen MR) is 102 cm³/mol. The number of unbranched alkanes of at least 4 members (excludes halogenated alkanes) is 1. The van der Waals surface area contributed by atoms with Gasteiger partial charge in [-0.2, -0.15) is 0 Å². The molecular formula is C19H25N3O5. The summed E-state index contributed by atoms with van der Waals surface area (Å²) in [7, 11) is 0. The number of aliphatic hydroxyl groups is 1. The standard InChI is InChI=1S/C19H25N3O5/c1-12-9-18(25)27-17-10-14(6-7-15(12)17)22-19(26)16(21-13(2)24)5-3-4-8-20-11-23/h6-7,9-10,16,20,23H,3-5,8,11H2,1-2H3,(H,21,24)(H,22,26)/t16-/m0/s1. The number of aryl methyl sites for hydroxylation is 1. The maximum atomic E-state index is 12.6. The zero-order valence-corrected chi connectivity index (χ0v) is 15.5. The molecule has 0 spiro atoms. The highest BCUT2D eigenvalue weighted by Gasteiger charge is 2.19. The van der Waals surface area contributed by atoms with Crippen molar-refractivity contribution >= 4 is 28.5 Å². The van der Waals surface area contributed by atoms with Crippen molar-refractivity contribution in [2.24, 2.45) is 0 Å². The third-order valence-electron chi connectivity index (χ3n) is 4.12. The lowest BCUT2D eigenvalue weighted by Gasteiger charge is -2.18. The molecular weight excluding hydrogens is 350 g/mol. The number of nitrogens with one attached hydrogen (secondary N) is 3. The highest BCUT2D eigenvalue weighted by atomic mass is 16.4. The van der Waals surface area contributed by atoms with Gasteiger partial charge in [-0.15, -0.1) is 0 Å². The summed E-state index contributed by atoms with van der Waals surface area (Å²) in [5.74, 6) is -0.626. The van der Waals surface area contributed by atoms with Crippen LogP contribution in [0.5, 0.6) is 0 Å². The van der Waals surface area contributed by atoms with E-state index in [1.165, 1.54) is 13.0 Å². The summed E-state index contributed by atoms with van der Waals surface area (Å²) in [4.78, 5) is 35.5. The monoisotopic (exact) mass is 375 g/mol. The smallest absolute Gasteiger partial charge is 0.336 e. The minimum atomic E-state index is -0.670. The van der Waals surface area contributed by atoms with E-state index in [4.69, 9.17) is 9.52 Å². The first kappa shape index (κ1) is 20.6. The first-order valence-corrected chi connectivity index (χ1v) is 8.84. The zero-order chi connectivity index (χ0) is 19.8. The molecule has 0 saturated heterocycles. The molecule has 8 heteroatoms. The number of fused-ring (bicyclic) bond motifs is 1. The van der Waals surface area contributed by atoms with Crippen molar-refractivity contribution in [3.8, 4) is 0 Å². The molecule has 4 N–H and O–H groups in total. The van der Waals surface area contributed by atoms with Gasteiger partial charge in [0.25, 0.3) is 0 Å². The van der Waals surface area contributed by atoms with Crippen LogP contribution in [0.1, 0.15) is 31.7 Å². The van der Waals surface area contributed by atoms with Crippen LogP contribution in [0.4, 0.5) is 5.69 Å². The van der Waals surface area contributed by atoms with Gasteiger partial charge in [-0.1, -0.05) is 0 Å². The van der Waals surface area contributed by atoms with Gasteiger partial charge in [0.05, 0.1) is 6.73 Å². The van der Waals surface area contributed by atoms with Gasteiger partial charge in [-0.25, -0.2) is 4.79 Å². The minimum Gasteiger partial charge on any atom is -0.423 e. The topological polar surface area (TPSA) is 121 Å². The Labute approximate surface area is 156 Å². The summed E-state index contributed by atoms with van der Waals surface area (Å²) in [5, 5.41) is 17.7. The van der Waals surface area contributed by atoms with E-state index < -0.39 is 11.7 Å². The molecule has 0 fully saturated rings. The lowest BCUT2D eigenvalue weighted by atomic mass is 10.1. The van der Waals surface area contributed by atoms with Crippen molar-refractivity contribution in [1.82, 2.24) is 10.6 Å². The molecule has 2 rings (SSSR count). The Balaban J connectivity index is 2.07. The molecule has 0 saturated carbocycles. The van der Waals surface area contributed by atoms with Crippen molar-refractivity contribution in [2.45, 2.75) is 39.2 Å². The Bertz CT molecular complexity index is 862. The van der Waals surface area contributed by atoms with E-state index in [9.17, 15) is 14.4 Å². The van der Waals surface area contributed by atoms with Gasteiger partial charge in [-0.3, -0.25) is 14.9 Å². The number of carbonyl (C=O) groups excluding carboxylic acids is 2. The van der Waals surface area contributed by atoms with Crippen LogP contribution in [0, 0.1) is 6.92 Å². The minimum absolute atomic E-state index is 0.0901. The van der Waals surface area contributed by atoms with Crippen LogP contribution in [0.3, 0.4) is 0 Å². The molecule has 2 amide bonds. The van der Waals surface area contributed by atoms with Crippen LogP contribution in [0.2, 0.25) is 0 Å². The summed E-state index contributed by atoms with van der Waals surface area (Å²) in [6, 6.07) is 5.84. The lowest BCUT2D eigenvalue weighted by molar-refractivity contribution is -0.125. The van der Waals surface area contributed by atoms with E-state index >= 15 is 0 Å². The van der Waals surface area contributed by atoms with Crippen LogP contribution in [0.25, 0.3) is 11.0 Å². The Morgan fingerprint density at radius 3 is 2.70 bits per heavy atom. The average molecular weight is 375 g/mol. The maximum Gasteiger partial charge on any atom is 0.336 e. The number of hydrogen-bond acceptors (Lipinski definition) is 6. The summed E-state index contributed by atoms with van der Waals surface area (Å²) in [6.45, 7) is 3.72. The molecule has 0 unspecified atom stereocenters. The first-order valence-electron chi connectivity index (χ1n) is 8.84. The highest BCUT2D eigenvalue weighted by molar-refractivity contribution is 5.98. The van der Waals surface area contributed by atoms with Gasteiger partial charge in [0.1, 0.15) is 11.6 Å². The van der Waals surface area contributed by atoms with E-state index in [-0.39, 0.29) is 18.5 Å². The van der Waals surface area contributed by atoms with Crippen molar-refractivity contribution in [1.29, 1.82) is 0 Å². The zero-order valence-electron chi connectivity index (χ0n) is 15.5. The van der Waals surface area contributed by atoms with Crippen LogP contribution < -0.4 is 21.6 Å². The second-order valence-electron chi connectivity index (χ2n) is 6.36. The molecule has 1 aromatic heterocycles. The van der Waals surface area contributed by atoms with Crippen LogP contribution in [-0.2, 0) is 9.59 Å². The Kier molecular flexibility index (Phi) is 7.51. The van der Waals surface area contributed by atoms with Gasteiger partial charge >= 0.3 is 5.63 Å². The fraction of sp³-hybridized carbons (Fsp3) is 0.421. The number of anilines is 1. The van der Waals surface area contributed by atoms with E-state index in [2.05, 4.69) is 16.0 Å². The summed E-state index contributed by atoms with van der Waals surface area (Å²) in [5.41, 5.74) is 1.23. The normalized spacial score (nSPS) is 12.0. The molecule has 1 aromatic carbocycles. The number of benzene rings is 1. The van der Waals surface area contributed by atoms with Gasteiger partial charge in [-0.05, 0) is 50.4 Å². The van der Waals surface area contributed by atoms with E-state index in [0.29, 0.717) is 30.7 Å². The highest BCUT2D eigenvalue weighted by Crippen LogP contribution is 2.21. The number of carbonyl (C=O) groups is 2. The molecule has 0 radical (unpaired) electrons. The van der Waals surface area contributed by atoms with Crippen LogP contribution in [-0.4, -0.2) is 36.2 Å². The van der Waals surface area contributed by atoms with E-state index in [1.807, 2.05) is 6.92 Å². The van der Waals surface area contributed by atoms with Gasteiger partial charge in [0.2, 0.25) is 11.8 Å². The fourth-order valence-corrected chi connectivity index (χ4v) is 2.82. The lowest BCUT2D eigenvalue weighted by Crippen LogP contribution is -2.42. The number of aliphatic hydroxyl groups excluding tert-OH is 1. The van der Waals surface area contributed by atoms with Crippen LogP contribution >= 0.6 is 0 Å². The second kappa shape index (κ2) is 9.84. The number of hydrogen-bond donors (Lipinski definition) is 4. The summed E-state index contributed by atoms with van der Waals surface area (Å²) in [6.07, 6.45) is 1.95. The van der Waals surface area contributed by atoms with E-state index in [0.717, 1.165) is 17.4 Å². The molecule has 0 aliphatic rings. The van der Waals surface area contributed by atoms with Crippen molar-refractivity contribution in [3.05, 3.63) is 40.2 Å². The molecule has 146 valence electrons. The van der Waals surface area contributed by atoms with Crippen LogP contribution in [0.15, 0.2) is 33.5 Å². The van der Waals surface area contributed by atoms with Gasteiger partial charge in [0.15, 0.2) is 0 Å². The maximum absolute atomic E-state index is 12.6. The summed E-state index contributed by atoms with van der Waals surface area (Å²) < 4.78 is 5.19. The number of rotatable bonds is 9. The molecule has 0 aliphatic heterocycles. The third kappa shape index (κ3) is 6.19. The SMILES string of the molecule is CC(=O)N[C@@H](CCCCNCO)C(=O)Nc1ccc2c(C)cc(=O)oc2c1. The van der Waals surface area contributed by atoms with Crippen molar-refractivity contribution in [3.63, 3.8) is 0 Å². The molecule has 1 atom stereocenters. The second-order valence-corrected chi connectivity index (χ2v) is 6.36. The Morgan fingerprint density at radius 1 is 1.22 bits per heavy atom. The van der Waals surface area contributed by atoms with Crippen molar-refractivity contribution < 1.29 is 19.1 Å². The van der Waals surface area contributed by atoms with Gasteiger partial charge < -0.3 is 20.2 Å². The first-order chi connectivity index (χ1) is 12.9. The molecule has 2 aromatic rings. The summed E-state index contributed by atoms with van der Waals surface area (Å²) >= 11 is 0. The Morgan fingerprint density at radius 2 is 2.00 bits per heavy atom. The van der Waals surface area contributed by atoms with E-state index in [1.54, 1.807) is 18.2 Å². The fourth-order valence-electron chi connectivity index (χ4n) is 2.82. The Hall–Kier alpha value is -2.71. The van der Waals surface area contributed by atoms with Crippen molar-refractivity contribution in [2.75, 3.05) is 18.6 Å². The van der Waals surface area contributed by atoms with Gasteiger partial charge in [0, 0.05) is 30.1 Å². The largest absolute Gasteiger partial charge is 0.423 e. The molecule has 1 heterocycles.